The minimum atomic E-state index is -0.275. The number of aryl methyl sites for hydroxylation is 1. The number of carbonyl (C=O) groups is 1. The van der Waals surface area contributed by atoms with Crippen molar-refractivity contribution in [3.05, 3.63) is 83.3 Å². The molecule has 0 bridgehead atoms. The summed E-state index contributed by atoms with van der Waals surface area (Å²) >= 11 is 0. The van der Waals surface area contributed by atoms with Crippen LogP contribution in [0.1, 0.15) is 41.7 Å². The molecule has 29 heavy (non-hydrogen) atoms. The predicted octanol–water partition coefficient (Wildman–Crippen LogP) is 4.46. The van der Waals surface area contributed by atoms with Crippen LogP contribution in [0.25, 0.3) is 0 Å². The minimum absolute atomic E-state index is 0.0174. The number of likely N-dealkylation sites (tertiary alicyclic amines) is 1. The first-order valence-electron chi connectivity index (χ1n) is 9.76. The molecule has 2 heterocycles. The van der Waals surface area contributed by atoms with Crippen LogP contribution in [-0.2, 0) is 11.2 Å². The molecule has 0 spiro atoms. The molecule has 0 saturated carbocycles. The number of ether oxygens (including phenoxy) is 1. The number of hydrogen-bond acceptors (Lipinski definition) is 4. The first-order chi connectivity index (χ1) is 14.1. The Morgan fingerprint density at radius 3 is 2.90 bits per heavy atom. The molecule has 0 aliphatic carbocycles. The highest BCUT2D eigenvalue weighted by Crippen LogP contribution is 2.32. The molecule has 0 N–H and O–H groups in total. The lowest BCUT2D eigenvalue weighted by Gasteiger charge is -2.22. The molecule has 1 fully saturated rings. The monoisotopic (exact) mass is 394 g/mol. The predicted molar refractivity (Wildman–Crippen MR) is 106 cm³/mol. The average Bonchev–Trinajstić information content (AvgIpc) is 3.36. The van der Waals surface area contributed by atoms with Gasteiger partial charge >= 0.3 is 0 Å². The van der Waals surface area contributed by atoms with Crippen molar-refractivity contribution >= 4 is 5.91 Å². The van der Waals surface area contributed by atoms with Gasteiger partial charge in [-0.3, -0.25) is 4.79 Å². The molecule has 5 nitrogen and oxygen atoms in total. The lowest BCUT2D eigenvalue weighted by molar-refractivity contribution is -0.134. The standard InChI is InChI=1S/C23H23FN2O3/c1-16-7-9-19(10-8-16)28-15-22(27)26-11-3-6-21(26)23-25-14-20(29-23)13-17-4-2-5-18(24)12-17/h2,4-5,7-10,12,14,21H,3,6,11,13,15H2,1H3/t21-/m0/s1. The molecule has 1 aromatic heterocycles. The second-order valence-corrected chi connectivity index (χ2v) is 7.32. The van der Waals surface area contributed by atoms with Crippen molar-refractivity contribution in [2.75, 3.05) is 13.2 Å². The van der Waals surface area contributed by atoms with E-state index in [1.807, 2.05) is 37.3 Å². The summed E-state index contributed by atoms with van der Waals surface area (Å²) in [7, 11) is 0. The quantitative estimate of drug-likeness (QED) is 0.620. The van der Waals surface area contributed by atoms with E-state index in [0.717, 1.165) is 24.0 Å². The summed E-state index contributed by atoms with van der Waals surface area (Å²) in [5.74, 6) is 1.49. The van der Waals surface area contributed by atoms with Crippen LogP contribution in [0.15, 0.2) is 59.1 Å². The Morgan fingerprint density at radius 1 is 1.28 bits per heavy atom. The van der Waals surface area contributed by atoms with Gasteiger partial charge in [-0.2, -0.15) is 0 Å². The first-order valence-corrected chi connectivity index (χ1v) is 9.76. The van der Waals surface area contributed by atoms with E-state index >= 15 is 0 Å². The summed E-state index contributed by atoms with van der Waals surface area (Å²) in [6.45, 7) is 2.64. The first kappa shape index (κ1) is 19.2. The third-order valence-corrected chi connectivity index (χ3v) is 5.08. The summed E-state index contributed by atoms with van der Waals surface area (Å²) in [5, 5.41) is 0. The molecule has 1 aliphatic rings. The topological polar surface area (TPSA) is 55.6 Å². The molecule has 4 rings (SSSR count). The van der Waals surface area contributed by atoms with E-state index in [4.69, 9.17) is 9.15 Å². The van der Waals surface area contributed by atoms with E-state index < -0.39 is 0 Å². The Kier molecular flexibility index (Phi) is 5.60. The van der Waals surface area contributed by atoms with Crippen LogP contribution in [0, 0.1) is 12.7 Å². The van der Waals surface area contributed by atoms with Gasteiger partial charge in [0.1, 0.15) is 23.4 Å². The molecule has 1 atom stereocenters. The Hall–Kier alpha value is -3.15. The van der Waals surface area contributed by atoms with Crippen molar-refractivity contribution in [2.45, 2.75) is 32.2 Å². The highest BCUT2D eigenvalue weighted by Gasteiger charge is 2.33. The molecule has 0 unspecified atom stereocenters. The zero-order valence-electron chi connectivity index (χ0n) is 16.3. The Balaban J connectivity index is 1.39. The summed E-state index contributed by atoms with van der Waals surface area (Å²) in [5.41, 5.74) is 1.96. The molecular weight excluding hydrogens is 371 g/mol. The lowest BCUT2D eigenvalue weighted by atomic mass is 10.1. The van der Waals surface area contributed by atoms with Gasteiger partial charge in [-0.1, -0.05) is 29.8 Å². The van der Waals surface area contributed by atoms with Gasteiger partial charge in [-0.05, 0) is 49.6 Å². The van der Waals surface area contributed by atoms with Gasteiger partial charge in [-0.15, -0.1) is 0 Å². The van der Waals surface area contributed by atoms with Crippen LogP contribution < -0.4 is 4.74 Å². The number of halogens is 1. The van der Waals surface area contributed by atoms with E-state index in [9.17, 15) is 9.18 Å². The van der Waals surface area contributed by atoms with E-state index in [-0.39, 0.29) is 24.4 Å². The van der Waals surface area contributed by atoms with Gasteiger partial charge in [0.05, 0.1) is 6.20 Å². The summed E-state index contributed by atoms with van der Waals surface area (Å²) in [6.07, 6.45) is 3.81. The zero-order chi connectivity index (χ0) is 20.2. The number of oxazole rings is 1. The number of rotatable bonds is 6. The summed E-state index contributed by atoms with van der Waals surface area (Å²) < 4.78 is 24.9. The van der Waals surface area contributed by atoms with E-state index in [1.54, 1.807) is 17.2 Å². The fourth-order valence-corrected chi connectivity index (χ4v) is 3.59. The van der Waals surface area contributed by atoms with Crippen LogP contribution in [0.4, 0.5) is 4.39 Å². The largest absolute Gasteiger partial charge is 0.484 e. The number of amides is 1. The van der Waals surface area contributed by atoms with Gasteiger partial charge in [-0.25, -0.2) is 9.37 Å². The second kappa shape index (κ2) is 8.47. The molecule has 2 aromatic carbocycles. The van der Waals surface area contributed by atoms with Gasteiger partial charge in [0.15, 0.2) is 6.61 Å². The molecular formula is C23H23FN2O3. The zero-order valence-corrected chi connectivity index (χ0v) is 16.3. The van der Waals surface area contributed by atoms with E-state index in [0.29, 0.717) is 30.4 Å². The SMILES string of the molecule is Cc1ccc(OCC(=O)N2CCC[C@H]2c2ncc(Cc3cccc(F)c3)o2)cc1. The Bertz CT molecular complexity index is 984. The van der Waals surface area contributed by atoms with Gasteiger partial charge < -0.3 is 14.1 Å². The van der Waals surface area contributed by atoms with Crippen molar-refractivity contribution < 1.29 is 18.3 Å². The molecule has 150 valence electrons. The van der Waals surface area contributed by atoms with Gasteiger partial charge in [0.25, 0.3) is 5.91 Å². The van der Waals surface area contributed by atoms with Crippen molar-refractivity contribution in [1.29, 1.82) is 0 Å². The van der Waals surface area contributed by atoms with Gasteiger partial charge in [0.2, 0.25) is 5.89 Å². The Morgan fingerprint density at radius 2 is 2.10 bits per heavy atom. The Labute approximate surface area is 169 Å². The smallest absolute Gasteiger partial charge is 0.261 e. The third kappa shape index (κ3) is 4.65. The maximum atomic E-state index is 13.4. The molecule has 1 aliphatic heterocycles. The summed E-state index contributed by atoms with van der Waals surface area (Å²) in [4.78, 5) is 18.8. The fourth-order valence-electron chi connectivity index (χ4n) is 3.59. The summed E-state index contributed by atoms with van der Waals surface area (Å²) in [6, 6.07) is 13.8. The van der Waals surface area contributed by atoms with Crippen molar-refractivity contribution in [2.24, 2.45) is 0 Å². The molecule has 3 aromatic rings. The van der Waals surface area contributed by atoms with Crippen molar-refractivity contribution in [3.63, 3.8) is 0 Å². The fraction of sp³-hybridized carbons (Fsp3) is 0.304. The van der Waals surface area contributed by atoms with Crippen molar-refractivity contribution in [3.8, 4) is 5.75 Å². The number of nitrogens with zero attached hydrogens (tertiary/aromatic N) is 2. The van der Waals surface area contributed by atoms with Crippen LogP contribution in [0.5, 0.6) is 5.75 Å². The van der Waals surface area contributed by atoms with Crippen LogP contribution in [-0.4, -0.2) is 28.9 Å². The number of carbonyl (C=O) groups excluding carboxylic acids is 1. The van der Waals surface area contributed by atoms with Crippen molar-refractivity contribution in [1.82, 2.24) is 9.88 Å². The normalized spacial score (nSPS) is 16.2. The maximum Gasteiger partial charge on any atom is 0.261 e. The molecule has 0 radical (unpaired) electrons. The highest BCUT2D eigenvalue weighted by molar-refractivity contribution is 5.78. The number of aromatic nitrogens is 1. The van der Waals surface area contributed by atoms with E-state index in [2.05, 4.69) is 4.98 Å². The maximum absolute atomic E-state index is 13.4. The van der Waals surface area contributed by atoms with Crippen LogP contribution in [0.3, 0.4) is 0 Å². The second-order valence-electron chi connectivity index (χ2n) is 7.32. The third-order valence-electron chi connectivity index (χ3n) is 5.08. The molecule has 1 saturated heterocycles. The van der Waals surface area contributed by atoms with Gasteiger partial charge in [0, 0.05) is 13.0 Å². The highest BCUT2D eigenvalue weighted by atomic mass is 19.1. The van der Waals surface area contributed by atoms with Crippen LogP contribution >= 0.6 is 0 Å². The lowest BCUT2D eigenvalue weighted by Crippen LogP contribution is -2.34. The average molecular weight is 394 g/mol. The molecule has 6 heteroatoms. The van der Waals surface area contributed by atoms with E-state index in [1.165, 1.54) is 12.1 Å². The minimum Gasteiger partial charge on any atom is -0.484 e. The number of hydrogen-bond donors (Lipinski definition) is 0. The van der Waals surface area contributed by atoms with Crippen LogP contribution in [0.2, 0.25) is 0 Å². The molecule has 1 amide bonds. The number of benzene rings is 2.